The summed E-state index contributed by atoms with van der Waals surface area (Å²) in [6, 6.07) is 4.86. The summed E-state index contributed by atoms with van der Waals surface area (Å²) < 4.78 is 4.58. The quantitative estimate of drug-likeness (QED) is 0.588. The second-order valence-electron chi connectivity index (χ2n) is 2.96. The molecule has 5 heteroatoms. The lowest BCUT2D eigenvalue weighted by molar-refractivity contribution is 0.0601. The minimum Gasteiger partial charge on any atom is -0.465 e. The van der Waals surface area contributed by atoms with Crippen LogP contribution < -0.4 is 0 Å². The third kappa shape index (κ3) is 1.59. The molecule has 1 aromatic carbocycles. The summed E-state index contributed by atoms with van der Waals surface area (Å²) in [6.07, 6.45) is 0.623. The summed E-state index contributed by atoms with van der Waals surface area (Å²) in [6.45, 7) is 0. The van der Waals surface area contributed by atoms with Crippen molar-refractivity contribution in [2.45, 2.75) is 0 Å². The van der Waals surface area contributed by atoms with Crippen molar-refractivity contribution >= 4 is 23.3 Å². The molecule has 0 bridgehead atoms. The number of hydrogen-bond donors (Lipinski definition) is 1. The summed E-state index contributed by atoms with van der Waals surface area (Å²) in [5.41, 5.74) is 1.70. The summed E-state index contributed by atoms with van der Waals surface area (Å²) in [5.74, 6) is -0.175. The number of carbonyl (C=O) groups excluding carboxylic acids is 2. The monoisotopic (exact) mass is 204 g/mol. The van der Waals surface area contributed by atoms with E-state index in [1.165, 1.54) is 7.11 Å². The zero-order valence-corrected chi connectivity index (χ0v) is 7.98. The Morgan fingerprint density at radius 2 is 2.33 bits per heavy atom. The van der Waals surface area contributed by atoms with Crippen molar-refractivity contribution in [1.82, 2.24) is 9.97 Å². The van der Waals surface area contributed by atoms with Gasteiger partial charge in [-0.25, -0.2) is 9.78 Å². The van der Waals surface area contributed by atoms with E-state index >= 15 is 0 Å². The van der Waals surface area contributed by atoms with Crippen LogP contribution in [0.25, 0.3) is 11.0 Å². The number of ether oxygens (including phenoxy) is 1. The molecule has 5 nitrogen and oxygen atoms in total. The lowest BCUT2D eigenvalue weighted by atomic mass is 10.2. The Kier molecular flexibility index (Phi) is 2.21. The average molecular weight is 204 g/mol. The van der Waals surface area contributed by atoms with Crippen LogP contribution in [-0.2, 0) is 4.74 Å². The smallest absolute Gasteiger partial charge is 0.337 e. The lowest BCUT2D eigenvalue weighted by Gasteiger charge is -1.97. The van der Waals surface area contributed by atoms with Crippen LogP contribution in [0.1, 0.15) is 21.0 Å². The van der Waals surface area contributed by atoms with E-state index in [-0.39, 0.29) is 5.82 Å². The summed E-state index contributed by atoms with van der Waals surface area (Å²) >= 11 is 0. The molecule has 0 spiro atoms. The Bertz CT molecular complexity index is 530. The molecule has 0 atom stereocenters. The van der Waals surface area contributed by atoms with E-state index in [0.717, 1.165) is 0 Å². The minimum absolute atomic E-state index is 0.243. The van der Waals surface area contributed by atoms with Crippen LogP contribution in [0.2, 0.25) is 0 Å². The van der Waals surface area contributed by atoms with Crippen LogP contribution in [0.5, 0.6) is 0 Å². The SMILES string of the molecule is COC(=O)c1ccc2nc(C=O)[nH]c2c1. The van der Waals surface area contributed by atoms with Crippen LogP contribution in [0, 0.1) is 0 Å². The first-order valence-corrected chi connectivity index (χ1v) is 4.28. The van der Waals surface area contributed by atoms with Gasteiger partial charge in [-0.1, -0.05) is 0 Å². The maximum atomic E-state index is 11.2. The van der Waals surface area contributed by atoms with Crippen LogP contribution in [0.15, 0.2) is 18.2 Å². The van der Waals surface area contributed by atoms with Gasteiger partial charge in [-0.2, -0.15) is 0 Å². The fourth-order valence-corrected chi connectivity index (χ4v) is 1.33. The summed E-state index contributed by atoms with van der Waals surface area (Å²) in [7, 11) is 1.32. The number of carbonyl (C=O) groups is 2. The number of esters is 1. The van der Waals surface area contributed by atoms with E-state index in [2.05, 4.69) is 14.7 Å². The molecule has 2 aromatic rings. The molecule has 0 radical (unpaired) electrons. The number of hydrogen-bond acceptors (Lipinski definition) is 4. The van der Waals surface area contributed by atoms with Gasteiger partial charge in [0.05, 0.1) is 23.7 Å². The number of rotatable bonds is 2. The third-order valence-electron chi connectivity index (χ3n) is 2.03. The van der Waals surface area contributed by atoms with Gasteiger partial charge in [-0.3, -0.25) is 4.79 Å². The van der Waals surface area contributed by atoms with E-state index in [0.29, 0.717) is 22.9 Å². The largest absolute Gasteiger partial charge is 0.465 e. The highest BCUT2D eigenvalue weighted by Crippen LogP contribution is 2.13. The van der Waals surface area contributed by atoms with Crippen LogP contribution in [0.4, 0.5) is 0 Å². The second kappa shape index (κ2) is 3.53. The number of aromatic amines is 1. The molecule has 0 fully saturated rings. The van der Waals surface area contributed by atoms with E-state index in [1.54, 1.807) is 18.2 Å². The first-order valence-electron chi connectivity index (χ1n) is 4.28. The molecule has 76 valence electrons. The predicted octanol–water partition coefficient (Wildman–Crippen LogP) is 1.16. The molecule has 1 heterocycles. The molecule has 0 aliphatic carbocycles. The number of imidazole rings is 1. The van der Waals surface area contributed by atoms with Crippen molar-refractivity contribution in [1.29, 1.82) is 0 Å². The van der Waals surface area contributed by atoms with E-state index in [4.69, 9.17) is 0 Å². The molecular weight excluding hydrogens is 196 g/mol. The topological polar surface area (TPSA) is 72.0 Å². The molecule has 0 unspecified atom stereocenters. The van der Waals surface area contributed by atoms with E-state index in [1.807, 2.05) is 0 Å². The zero-order valence-electron chi connectivity index (χ0n) is 7.98. The molecule has 0 amide bonds. The number of nitrogens with zero attached hydrogens (tertiary/aromatic N) is 1. The van der Waals surface area contributed by atoms with Gasteiger partial charge < -0.3 is 9.72 Å². The summed E-state index contributed by atoms with van der Waals surface area (Å²) in [4.78, 5) is 28.4. The number of H-pyrrole nitrogens is 1. The number of aromatic nitrogens is 2. The number of aldehydes is 1. The zero-order chi connectivity index (χ0) is 10.8. The van der Waals surface area contributed by atoms with Gasteiger partial charge in [-0.15, -0.1) is 0 Å². The van der Waals surface area contributed by atoms with Crippen molar-refractivity contribution in [2.24, 2.45) is 0 Å². The standard InChI is InChI=1S/C10H8N2O3/c1-15-10(14)6-2-3-7-8(4-6)12-9(5-13)11-7/h2-5H,1H3,(H,11,12). The van der Waals surface area contributed by atoms with Crippen LogP contribution in [-0.4, -0.2) is 29.3 Å². The highest BCUT2D eigenvalue weighted by molar-refractivity contribution is 5.94. The maximum Gasteiger partial charge on any atom is 0.337 e. The Labute approximate surface area is 85.1 Å². The fourth-order valence-electron chi connectivity index (χ4n) is 1.33. The first-order chi connectivity index (χ1) is 7.24. The van der Waals surface area contributed by atoms with Gasteiger partial charge >= 0.3 is 5.97 Å². The first kappa shape index (κ1) is 9.39. The van der Waals surface area contributed by atoms with Gasteiger partial charge in [0, 0.05) is 0 Å². The van der Waals surface area contributed by atoms with E-state index in [9.17, 15) is 9.59 Å². The minimum atomic E-state index is -0.417. The predicted molar refractivity (Wildman–Crippen MR) is 52.8 cm³/mol. The Morgan fingerprint density at radius 1 is 1.53 bits per heavy atom. The number of methoxy groups -OCH3 is 1. The molecule has 1 aromatic heterocycles. The normalized spacial score (nSPS) is 10.2. The average Bonchev–Trinajstić information content (AvgIpc) is 2.69. The van der Waals surface area contributed by atoms with Gasteiger partial charge in [0.2, 0.25) is 0 Å². The van der Waals surface area contributed by atoms with Gasteiger partial charge in [0.15, 0.2) is 12.1 Å². The fraction of sp³-hybridized carbons (Fsp3) is 0.100. The molecule has 0 saturated heterocycles. The Hall–Kier alpha value is -2.17. The molecule has 0 aliphatic heterocycles. The lowest BCUT2D eigenvalue weighted by Crippen LogP contribution is -2.00. The highest BCUT2D eigenvalue weighted by atomic mass is 16.5. The molecule has 15 heavy (non-hydrogen) atoms. The molecular formula is C10H8N2O3. The molecule has 0 saturated carbocycles. The van der Waals surface area contributed by atoms with Crippen LogP contribution >= 0.6 is 0 Å². The Balaban J connectivity index is 2.55. The van der Waals surface area contributed by atoms with Crippen LogP contribution in [0.3, 0.4) is 0 Å². The maximum absolute atomic E-state index is 11.2. The van der Waals surface area contributed by atoms with Gasteiger partial charge in [0.25, 0.3) is 0 Å². The number of benzene rings is 1. The van der Waals surface area contributed by atoms with Crippen molar-refractivity contribution in [3.8, 4) is 0 Å². The van der Waals surface area contributed by atoms with Gasteiger partial charge in [0.1, 0.15) is 0 Å². The van der Waals surface area contributed by atoms with E-state index < -0.39 is 5.97 Å². The third-order valence-corrected chi connectivity index (χ3v) is 2.03. The molecule has 0 aliphatic rings. The number of nitrogens with one attached hydrogen (secondary N) is 1. The molecule has 2 rings (SSSR count). The van der Waals surface area contributed by atoms with Crippen molar-refractivity contribution in [2.75, 3.05) is 7.11 Å². The second-order valence-corrected chi connectivity index (χ2v) is 2.96. The Morgan fingerprint density at radius 3 is 3.00 bits per heavy atom. The molecule has 1 N–H and O–H groups in total. The van der Waals surface area contributed by atoms with Crippen molar-refractivity contribution < 1.29 is 14.3 Å². The summed E-state index contributed by atoms with van der Waals surface area (Å²) in [5, 5.41) is 0. The van der Waals surface area contributed by atoms with Gasteiger partial charge in [-0.05, 0) is 18.2 Å². The van der Waals surface area contributed by atoms with Crippen molar-refractivity contribution in [3.05, 3.63) is 29.6 Å². The highest BCUT2D eigenvalue weighted by Gasteiger charge is 2.08. The van der Waals surface area contributed by atoms with Crippen molar-refractivity contribution in [3.63, 3.8) is 0 Å². The number of fused-ring (bicyclic) bond motifs is 1.